The molecular weight excluding hydrogens is 1970 g/mol. The Bertz CT molecular complexity index is 5860. The molecule has 19 aromatic rings. The molecule has 0 radical (unpaired) electrons. The maximum Gasteiger partial charge on any atom is 0.243 e. The number of aryl methyl sites for hydroxylation is 18. The van der Waals surface area contributed by atoms with Crippen molar-refractivity contribution in [2.45, 2.75) is 425 Å². The Kier molecular flexibility index (Phi) is 47.4. The molecule has 12 nitrogen and oxygen atoms in total. The number of rotatable bonds is 72. The molecule has 18 heteroatoms. The van der Waals surface area contributed by atoms with Crippen LogP contribution >= 0.6 is 0 Å². The zero-order valence-electron chi connectivity index (χ0n) is 92.6. The van der Waals surface area contributed by atoms with Gasteiger partial charge in [0.2, 0.25) is 38.0 Å². The Balaban J connectivity index is 0.00000312. The van der Waals surface area contributed by atoms with Gasteiger partial charge in [0.05, 0.1) is 81.6 Å². The Morgan fingerprint density at radius 2 is 0.233 bits per heavy atom. The molecule has 810 valence electrons. The molecular formula is C132H180Cl6N12. The van der Waals surface area contributed by atoms with E-state index in [1.165, 1.54) is 411 Å². The molecule has 0 unspecified atom stereocenters. The fourth-order valence-electron chi connectivity index (χ4n) is 26.5. The third-order valence-corrected chi connectivity index (χ3v) is 34.2. The molecule has 0 aliphatic heterocycles. The summed E-state index contributed by atoms with van der Waals surface area (Å²) in [4.78, 5) is 0. The van der Waals surface area contributed by atoms with Crippen LogP contribution in [0, 0.1) is 0 Å². The summed E-state index contributed by atoms with van der Waals surface area (Å²) < 4.78 is 27.1. The Morgan fingerprint density at radius 1 is 0.133 bits per heavy atom. The zero-order chi connectivity index (χ0) is 98.1. The van der Waals surface area contributed by atoms with Gasteiger partial charge < -0.3 is 74.4 Å². The number of fused-ring (bicyclic) bond motifs is 6. The van der Waals surface area contributed by atoms with Crippen LogP contribution in [0.25, 0.3) is 129 Å². The molecule has 0 aliphatic carbocycles. The number of unbranched alkanes of at least 4 members (excludes halogenated alkanes) is 48. The molecule has 13 aromatic carbocycles. The fraction of sp³-hybridized carbons (Fsp3) is 0.545. The normalized spacial score (nSPS) is 12.0. The lowest BCUT2D eigenvalue weighted by atomic mass is 9.72. The summed E-state index contributed by atoms with van der Waals surface area (Å²) in [5.74, 6) is 0. The lowest BCUT2D eigenvalue weighted by Gasteiger charge is -2.30. The van der Waals surface area contributed by atoms with Gasteiger partial charge in [-0.05, 0) is 317 Å². The maximum atomic E-state index is 2.82. The molecule has 0 atom stereocenters. The first-order chi connectivity index (χ1) is 71.0. The Labute approximate surface area is 936 Å². The summed E-state index contributed by atoms with van der Waals surface area (Å²) in [6.07, 6.45) is 118. The first-order valence-electron chi connectivity index (χ1n) is 59.3. The highest BCUT2D eigenvalue weighted by molar-refractivity contribution is 6.61. The molecule has 0 N–H and O–H groups in total. The Hall–Kier alpha value is -8.46. The average Bonchev–Trinajstić information content (AvgIpc) is 0.939. The number of nitrogens with zero attached hydrogens (tertiary/aromatic N) is 12. The number of benzene rings is 13. The Morgan fingerprint density at radius 3 is 0.333 bits per heavy atom. The molecule has 19 rings (SSSR count). The van der Waals surface area contributed by atoms with Crippen LogP contribution in [0.5, 0.6) is 0 Å². The van der Waals surface area contributed by atoms with Crippen LogP contribution < -0.4 is 102 Å². The predicted molar refractivity (Wildman–Crippen MR) is 609 cm³/mol. The van der Waals surface area contributed by atoms with Crippen molar-refractivity contribution in [1.29, 1.82) is 0 Å². The SMILES string of the molecule is Cn1cc[n+](CCCCCCCCCCCc2cc3c4cc(CCCCCCCCCCC[n+]5ccn(C)c5)cc5c6cc(CCCCCCCCCCC[n+]7ccn(C)c7)cc7c8cc(CCCCCCCCCCC[n+]9ccn(C)c9)cc9c%10cc(CCCCCCCCCCC[n+]%11ccn(C)c%11)cc%11c%12cc(CCCCCCCCCCC[n+]%13ccn(C)c%13)cc%13c(c2)c3c2c(c45)c(c67)c(c89)c(c%11%10)c2c%13%12)c1.[Cl-].[Cl-].[Cl-].[Cl-].[Cl-].[Cl-]. The fourth-order valence-corrected chi connectivity index (χ4v) is 26.5. The lowest BCUT2D eigenvalue weighted by molar-refractivity contribution is -0.697. The first-order valence-corrected chi connectivity index (χ1v) is 59.3. The van der Waals surface area contributed by atoms with Crippen LogP contribution in [0.4, 0.5) is 0 Å². The standard InChI is InChI=1S/C132H180N12.6ClH/c1-133-73-79-139(97-133)67-55-43-31-19-7-13-25-37-49-61-103-85-109-111-87-104(62-50-38-26-14-8-20-32-44-56-68-140-80-74-134(2)98-140)89-113-115-91-106(64-52-40-28-16-10-22-34-46-58-70-142-82-76-136(4)100-142)93-117-119-95-108(66-54-42-30-18-12-24-36-48-60-72-144-84-78-138(6)102-144)96-120-118-94-107(65-53-41-29-17-11-23-35-47-59-71-143-83-77-137(5)101-143)92-116-114-90-105(63-51-39-27-15-9-21-33-45-57-69-141-81-75-135(3)99-141)88-112-110(86-103)121(109)127-128(122(111)113)130(124(115)117)132(126(119)120)131(125(116)118)129(127)123(112)114;;;;;;/h73-102H,7-72H2,1-6H3;6*1H/q+6;;;;;;/p-6. The maximum absolute atomic E-state index is 2.82. The molecule has 0 spiro atoms. The third kappa shape index (κ3) is 30.3. The zero-order valence-corrected chi connectivity index (χ0v) is 97.2. The molecule has 0 bridgehead atoms. The van der Waals surface area contributed by atoms with Crippen molar-refractivity contribution >= 4 is 129 Å². The van der Waals surface area contributed by atoms with Gasteiger partial charge in [-0.15, -0.1) is 0 Å². The molecule has 6 heterocycles. The van der Waals surface area contributed by atoms with E-state index in [1.54, 1.807) is 98.0 Å². The largest absolute Gasteiger partial charge is 1.00 e. The van der Waals surface area contributed by atoms with Crippen molar-refractivity contribution < 1.29 is 102 Å². The monoisotopic (exact) mass is 2140 g/mol. The predicted octanol–water partition coefficient (Wildman–Crippen LogP) is 14.5. The number of hydrogen-bond acceptors (Lipinski definition) is 0. The van der Waals surface area contributed by atoms with Gasteiger partial charge in [-0.25, -0.2) is 54.8 Å². The topological polar surface area (TPSA) is 52.9 Å². The quantitative estimate of drug-likeness (QED) is 0.0158. The summed E-state index contributed by atoms with van der Waals surface area (Å²) in [5, 5.41) is 37.3. The van der Waals surface area contributed by atoms with Gasteiger partial charge in [-0.3, -0.25) is 0 Å². The molecule has 0 saturated carbocycles. The van der Waals surface area contributed by atoms with Crippen LogP contribution in [0.15, 0.2) is 185 Å². The molecule has 6 aromatic heterocycles. The van der Waals surface area contributed by atoms with Crippen LogP contribution in [0.2, 0.25) is 0 Å². The molecule has 0 fully saturated rings. The van der Waals surface area contributed by atoms with E-state index in [1.807, 2.05) is 0 Å². The minimum Gasteiger partial charge on any atom is -1.00 e. The van der Waals surface area contributed by atoms with Crippen LogP contribution in [0.3, 0.4) is 0 Å². The number of imidazole rings is 6. The van der Waals surface area contributed by atoms with Gasteiger partial charge in [0.1, 0.15) is 74.4 Å². The molecule has 0 aliphatic rings. The van der Waals surface area contributed by atoms with E-state index < -0.39 is 0 Å². The highest BCUT2D eigenvalue weighted by Gasteiger charge is 2.34. The van der Waals surface area contributed by atoms with Crippen molar-refractivity contribution in [1.82, 2.24) is 27.4 Å². The van der Waals surface area contributed by atoms with Gasteiger partial charge in [0, 0.05) is 0 Å². The number of aromatic nitrogens is 12. The minimum absolute atomic E-state index is 0. The molecule has 150 heavy (non-hydrogen) atoms. The second-order valence-corrected chi connectivity index (χ2v) is 46.1. The lowest BCUT2D eigenvalue weighted by Crippen LogP contribution is -3.00. The second-order valence-electron chi connectivity index (χ2n) is 46.1. The van der Waals surface area contributed by atoms with Crippen molar-refractivity contribution in [3.8, 4) is 0 Å². The van der Waals surface area contributed by atoms with E-state index in [2.05, 4.69) is 282 Å². The summed E-state index contributed by atoms with van der Waals surface area (Å²) in [6.45, 7) is 6.78. The van der Waals surface area contributed by atoms with Crippen molar-refractivity contribution in [2.24, 2.45) is 42.3 Å². The molecule has 0 saturated heterocycles. The summed E-state index contributed by atoms with van der Waals surface area (Å²) in [7, 11) is 12.8. The van der Waals surface area contributed by atoms with E-state index in [9.17, 15) is 0 Å². The van der Waals surface area contributed by atoms with Crippen LogP contribution in [-0.2, 0) is 120 Å². The van der Waals surface area contributed by atoms with Gasteiger partial charge in [-0.2, -0.15) is 0 Å². The van der Waals surface area contributed by atoms with Gasteiger partial charge in [0.25, 0.3) is 0 Å². The van der Waals surface area contributed by atoms with Gasteiger partial charge >= 0.3 is 0 Å². The van der Waals surface area contributed by atoms with E-state index >= 15 is 0 Å². The van der Waals surface area contributed by atoms with Crippen molar-refractivity contribution in [3.63, 3.8) is 0 Å². The number of hydrogen-bond donors (Lipinski definition) is 0. The third-order valence-electron chi connectivity index (χ3n) is 34.2. The summed E-state index contributed by atoms with van der Waals surface area (Å²) in [6, 6.07) is 33.8. The van der Waals surface area contributed by atoms with E-state index in [0.717, 1.165) is 77.8 Å². The van der Waals surface area contributed by atoms with E-state index in [-0.39, 0.29) is 74.4 Å². The molecule has 0 amide bonds. The summed E-state index contributed by atoms with van der Waals surface area (Å²) >= 11 is 0. The van der Waals surface area contributed by atoms with Gasteiger partial charge in [0.15, 0.2) is 0 Å². The number of halogens is 6. The average molecular weight is 2150 g/mol. The highest BCUT2D eigenvalue weighted by atomic mass is 35.5. The highest BCUT2D eigenvalue weighted by Crippen LogP contribution is 2.61. The van der Waals surface area contributed by atoms with Crippen LogP contribution in [-0.4, -0.2) is 27.4 Å². The van der Waals surface area contributed by atoms with E-state index in [0.29, 0.717) is 0 Å². The minimum atomic E-state index is 0. The second kappa shape index (κ2) is 60.0. The summed E-state index contributed by atoms with van der Waals surface area (Å²) in [5.41, 5.74) is 9.34. The van der Waals surface area contributed by atoms with Crippen molar-refractivity contribution in [2.75, 3.05) is 0 Å². The van der Waals surface area contributed by atoms with Crippen molar-refractivity contribution in [3.05, 3.63) is 219 Å². The smallest absolute Gasteiger partial charge is 0.243 e. The first kappa shape index (κ1) is 119. The van der Waals surface area contributed by atoms with Crippen LogP contribution in [0.1, 0.15) is 380 Å². The van der Waals surface area contributed by atoms with E-state index in [4.69, 9.17) is 0 Å². The van der Waals surface area contributed by atoms with Gasteiger partial charge in [-0.1, -0.05) is 304 Å².